The first-order chi connectivity index (χ1) is 10.2. The van der Waals surface area contributed by atoms with E-state index in [1.54, 1.807) is 0 Å². The number of hydrogen-bond donors (Lipinski definition) is 1. The zero-order valence-corrected chi connectivity index (χ0v) is 15.5. The highest BCUT2D eigenvalue weighted by Gasteiger charge is 2.05. The zero-order chi connectivity index (χ0) is 15.1. The fraction of sp³-hybridized carbons (Fsp3) is 0.333. The number of ether oxygens (including phenoxy) is 1. The molecule has 0 unspecified atom stereocenters. The summed E-state index contributed by atoms with van der Waals surface area (Å²) in [5.41, 5.74) is 3.65. The molecule has 0 aliphatic heterocycles. The third-order valence-corrected chi connectivity index (χ3v) is 3.77. The van der Waals surface area contributed by atoms with Crippen molar-refractivity contribution in [1.29, 1.82) is 0 Å². The van der Waals surface area contributed by atoms with Gasteiger partial charge in [0, 0.05) is 16.6 Å². The highest BCUT2D eigenvalue weighted by atomic mass is 79.9. The molecule has 0 heterocycles. The summed E-state index contributed by atoms with van der Waals surface area (Å²) in [7, 11) is 0. The van der Waals surface area contributed by atoms with Gasteiger partial charge in [0.25, 0.3) is 0 Å². The molecule has 2 aromatic carbocycles. The van der Waals surface area contributed by atoms with Crippen LogP contribution in [-0.4, -0.2) is 6.54 Å². The first-order valence-corrected chi connectivity index (χ1v) is 8.16. The van der Waals surface area contributed by atoms with Crippen LogP contribution in [0.3, 0.4) is 0 Å². The lowest BCUT2D eigenvalue weighted by atomic mass is 10.1. The van der Waals surface area contributed by atoms with Crippen molar-refractivity contribution in [2.24, 2.45) is 0 Å². The molecule has 0 aromatic heterocycles. The van der Waals surface area contributed by atoms with Crippen molar-refractivity contribution < 1.29 is 4.74 Å². The van der Waals surface area contributed by atoms with E-state index in [0.717, 1.165) is 29.7 Å². The van der Waals surface area contributed by atoms with E-state index in [0.29, 0.717) is 6.61 Å². The number of rotatable bonds is 7. The molecule has 0 saturated heterocycles. The van der Waals surface area contributed by atoms with Crippen LogP contribution in [0.15, 0.2) is 46.9 Å². The fourth-order valence-corrected chi connectivity index (χ4v) is 2.48. The second-order valence-electron chi connectivity index (χ2n) is 5.20. The van der Waals surface area contributed by atoms with E-state index in [-0.39, 0.29) is 12.4 Å². The van der Waals surface area contributed by atoms with Gasteiger partial charge < -0.3 is 10.1 Å². The minimum absolute atomic E-state index is 0. The maximum absolute atomic E-state index is 5.99. The van der Waals surface area contributed by atoms with Crippen LogP contribution in [0, 0.1) is 6.92 Å². The molecule has 0 bridgehead atoms. The van der Waals surface area contributed by atoms with Gasteiger partial charge in [0.1, 0.15) is 12.4 Å². The molecule has 0 fully saturated rings. The number of aryl methyl sites for hydroxylation is 1. The molecule has 0 atom stereocenters. The Hall–Kier alpha value is -1.03. The largest absolute Gasteiger partial charge is 0.489 e. The number of halogens is 2. The maximum atomic E-state index is 5.99. The Bertz CT molecular complexity index is 572. The molecule has 120 valence electrons. The first kappa shape index (κ1) is 19.0. The maximum Gasteiger partial charge on any atom is 0.124 e. The van der Waals surface area contributed by atoms with E-state index in [1.165, 1.54) is 16.7 Å². The van der Waals surface area contributed by atoms with E-state index in [4.69, 9.17) is 4.74 Å². The first-order valence-electron chi connectivity index (χ1n) is 7.36. The molecule has 2 rings (SSSR count). The quantitative estimate of drug-likeness (QED) is 0.658. The third kappa shape index (κ3) is 5.99. The molecule has 0 aliphatic rings. The summed E-state index contributed by atoms with van der Waals surface area (Å²) in [6.45, 7) is 6.71. The van der Waals surface area contributed by atoms with Crippen molar-refractivity contribution in [3.05, 3.63) is 63.6 Å². The Morgan fingerprint density at radius 3 is 2.50 bits per heavy atom. The number of benzene rings is 2. The Morgan fingerprint density at radius 2 is 1.82 bits per heavy atom. The van der Waals surface area contributed by atoms with E-state index in [2.05, 4.69) is 65.4 Å². The summed E-state index contributed by atoms with van der Waals surface area (Å²) >= 11 is 3.53. The predicted octanol–water partition coefficient (Wildman–Crippen LogP) is 5.26. The van der Waals surface area contributed by atoms with E-state index in [9.17, 15) is 0 Å². The van der Waals surface area contributed by atoms with Gasteiger partial charge in [-0.05, 0) is 43.7 Å². The molecule has 2 aromatic rings. The molecule has 0 aliphatic carbocycles. The molecule has 0 radical (unpaired) electrons. The van der Waals surface area contributed by atoms with Gasteiger partial charge >= 0.3 is 0 Å². The normalized spacial score (nSPS) is 10.1. The van der Waals surface area contributed by atoms with Gasteiger partial charge in [0.05, 0.1) is 0 Å². The Labute approximate surface area is 147 Å². The van der Waals surface area contributed by atoms with Gasteiger partial charge in [-0.2, -0.15) is 0 Å². The fourth-order valence-electron chi connectivity index (χ4n) is 2.07. The van der Waals surface area contributed by atoms with E-state index < -0.39 is 0 Å². The summed E-state index contributed by atoms with van der Waals surface area (Å²) in [5, 5.41) is 3.42. The predicted molar refractivity (Wildman–Crippen MR) is 98.9 cm³/mol. The molecule has 4 heteroatoms. The van der Waals surface area contributed by atoms with Crippen molar-refractivity contribution in [3.8, 4) is 5.75 Å². The van der Waals surface area contributed by atoms with Crippen molar-refractivity contribution >= 4 is 28.3 Å². The van der Waals surface area contributed by atoms with Crippen LogP contribution in [-0.2, 0) is 13.2 Å². The monoisotopic (exact) mass is 383 g/mol. The second kappa shape index (κ2) is 9.88. The molecule has 0 saturated carbocycles. The smallest absolute Gasteiger partial charge is 0.124 e. The molecular weight excluding hydrogens is 362 g/mol. The Morgan fingerprint density at radius 1 is 1.09 bits per heavy atom. The minimum Gasteiger partial charge on any atom is -0.489 e. The van der Waals surface area contributed by atoms with Gasteiger partial charge in [0.15, 0.2) is 0 Å². The van der Waals surface area contributed by atoms with Gasteiger partial charge in [-0.1, -0.05) is 52.7 Å². The zero-order valence-electron chi connectivity index (χ0n) is 13.1. The molecule has 0 spiro atoms. The highest BCUT2D eigenvalue weighted by Crippen LogP contribution is 2.24. The summed E-state index contributed by atoms with van der Waals surface area (Å²) in [6.07, 6.45) is 1.13. The van der Waals surface area contributed by atoms with Crippen molar-refractivity contribution in [2.75, 3.05) is 6.54 Å². The number of hydrogen-bond acceptors (Lipinski definition) is 2. The van der Waals surface area contributed by atoms with Crippen molar-refractivity contribution in [2.45, 2.75) is 33.4 Å². The van der Waals surface area contributed by atoms with Gasteiger partial charge in [-0.3, -0.25) is 0 Å². The molecule has 2 nitrogen and oxygen atoms in total. The van der Waals surface area contributed by atoms with E-state index >= 15 is 0 Å². The van der Waals surface area contributed by atoms with Crippen LogP contribution in [0.4, 0.5) is 0 Å². The summed E-state index contributed by atoms with van der Waals surface area (Å²) in [6, 6.07) is 14.6. The lowest BCUT2D eigenvalue weighted by Crippen LogP contribution is -2.14. The Kier molecular flexibility index (Phi) is 8.54. The minimum atomic E-state index is 0. The average molecular weight is 385 g/mol. The molecule has 22 heavy (non-hydrogen) atoms. The van der Waals surface area contributed by atoms with Gasteiger partial charge in [0.2, 0.25) is 0 Å². The summed E-state index contributed by atoms with van der Waals surface area (Å²) < 4.78 is 7.07. The lowest BCUT2D eigenvalue weighted by molar-refractivity contribution is 0.302. The van der Waals surface area contributed by atoms with Gasteiger partial charge in [-0.15, -0.1) is 12.4 Å². The van der Waals surface area contributed by atoms with Gasteiger partial charge in [-0.25, -0.2) is 0 Å². The lowest BCUT2D eigenvalue weighted by Gasteiger charge is -2.13. The summed E-state index contributed by atoms with van der Waals surface area (Å²) in [4.78, 5) is 0. The second-order valence-corrected chi connectivity index (χ2v) is 6.12. The number of nitrogens with one attached hydrogen (secondary N) is 1. The van der Waals surface area contributed by atoms with Crippen LogP contribution in [0.5, 0.6) is 5.75 Å². The topological polar surface area (TPSA) is 21.3 Å². The van der Waals surface area contributed by atoms with Crippen molar-refractivity contribution in [3.63, 3.8) is 0 Å². The molecule has 0 amide bonds. The average Bonchev–Trinajstić information content (AvgIpc) is 2.48. The third-order valence-electron chi connectivity index (χ3n) is 3.28. The van der Waals surface area contributed by atoms with Crippen LogP contribution >= 0.6 is 28.3 Å². The van der Waals surface area contributed by atoms with E-state index in [1.807, 2.05) is 12.1 Å². The van der Waals surface area contributed by atoms with Crippen LogP contribution in [0.25, 0.3) is 0 Å². The highest BCUT2D eigenvalue weighted by molar-refractivity contribution is 9.10. The molecule has 1 N–H and O–H groups in total. The standard InChI is InChI=1S/C18H22BrNO.ClH/c1-3-10-20-12-16-11-17(19)8-9-18(16)21-13-15-6-4-14(2)5-7-15;/h4-9,11,20H,3,10,12-13H2,1-2H3;1H. The van der Waals surface area contributed by atoms with Crippen LogP contribution in [0.1, 0.15) is 30.0 Å². The summed E-state index contributed by atoms with van der Waals surface area (Å²) in [5.74, 6) is 0.947. The van der Waals surface area contributed by atoms with Crippen LogP contribution in [0.2, 0.25) is 0 Å². The SMILES string of the molecule is CCCNCc1cc(Br)ccc1OCc1ccc(C)cc1.Cl. The van der Waals surface area contributed by atoms with Crippen molar-refractivity contribution in [1.82, 2.24) is 5.32 Å². The Balaban J connectivity index is 0.00000242. The van der Waals surface area contributed by atoms with Crippen LogP contribution < -0.4 is 10.1 Å². The molecular formula is C18H23BrClNO.